The summed E-state index contributed by atoms with van der Waals surface area (Å²) in [5.41, 5.74) is 12.8. The van der Waals surface area contributed by atoms with E-state index in [0.717, 1.165) is 58.8 Å². The molecule has 0 heterocycles. The molecule has 3 aromatic carbocycles. The molecule has 0 aliphatic heterocycles. The van der Waals surface area contributed by atoms with Crippen LogP contribution in [0.2, 0.25) is 5.02 Å². The second kappa shape index (κ2) is 12.5. The maximum absolute atomic E-state index is 7.83. The Labute approximate surface area is 214 Å². The Kier molecular flexibility index (Phi) is 9.39. The number of anilines is 1. The molecule has 1 atom stereocenters. The number of hydrogen-bond donors (Lipinski definition) is 3. The van der Waals surface area contributed by atoms with Crippen molar-refractivity contribution in [2.24, 2.45) is 5.73 Å². The molecule has 0 fully saturated rings. The molecule has 4 nitrogen and oxygen atoms in total. The first kappa shape index (κ1) is 26.4. The van der Waals surface area contributed by atoms with E-state index in [4.69, 9.17) is 27.5 Å². The Balaban J connectivity index is 1.72. The van der Waals surface area contributed by atoms with Gasteiger partial charge in [-0.2, -0.15) is 0 Å². The largest absolute Gasteiger partial charge is 0.487 e. The molecule has 35 heavy (non-hydrogen) atoms. The van der Waals surface area contributed by atoms with E-state index in [1.54, 1.807) is 0 Å². The molecule has 3 rings (SSSR count). The molecule has 0 amide bonds. The van der Waals surface area contributed by atoms with Crippen molar-refractivity contribution < 1.29 is 4.74 Å². The van der Waals surface area contributed by atoms with E-state index >= 15 is 0 Å². The molecule has 0 saturated carbocycles. The highest BCUT2D eigenvalue weighted by Crippen LogP contribution is 2.29. The number of nitrogens with one attached hydrogen (secondary N) is 2. The van der Waals surface area contributed by atoms with Gasteiger partial charge in [-0.25, -0.2) is 0 Å². The minimum Gasteiger partial charge on any atom is -0.487 e. The highest BCUT2D eigenvalue weighted by atomic mass is 35.5. The molecule has 4 N–H and O–H groups in total. The van der Waals surface area contributed by atoms with Crippen molar-refractivity contribution in [1.29, 1.82) is 5.41 Å². The molecule has 5 heteroatoms. The molecule has 3 aromatic rings. The summed E-state index contributed by atoms with van der Waals surface area (Å²) >= 11 is 6.44. The SMILES string of the molecule is C=C(COc1cc(C(=N)N)ccc1CCc1ccc(C)cc1Cl)Nc1ccccc1C(C)CCC. The van der Waals surface area contributed by atoms with Crippen molar-refractivity contribution in [3.63, 3.8) is 0 Å². The van der Waals surface area contributed by atoms with Crippen molar-refractivity contribution in [3.05, 3.63) is 106 Å². The smallest absolute Gasteiger partial charge is 0.127 e. The number of hydrogen-bond acceptors (Lipinski definition) is 3. The quantitative estimate of drug-likeness (QED) is 0.181. The molecular formula is C30H36ClN3O. The molecule has 0 spiro atoms. The van der Waals surface area contributed by atoms with Crippen LogP contribution in [0.4, 0.5) is 5.69 Å². The van der Waals surface area contributed by atoms with E-state index in [-0.39, 0.29) is 5.84 Å². The fraction of sp³-hybridized carbons (Fsp3) is 0.300. The Morgan fingerprint density at radius 2 is 1.80 bits per heavy atom. The zero-order valence-electron chi connectivity index (χ0n) is 21.0. The van der Waals surface area contributed by atoms with E-state index < -0.39 is 0 Å². The van der Waals surface area contributed by atoms with Crippen LogP contribution in [0, 0.1) is 12.3 Å². The lowest BCUT2D eigenvalue weighted by atomic mass is 9.95. The van der Waals surface area contributed by atoms with Crippen LogP contribution >= 0.6 is 11.6 Å². The van der Waals surface area contributed by atoms with E-state index in [2.05, 4.69) is 56.1 Å². The molecule has 0 aromatic heterocycles. The van der Waals surface area contributed by atoms with Crippen LogP contribution in [0.15, 0.2) is 72.9 Å². The van der Waals surface area contributed by atoms with Crippen LogP contribution in [-0.2, 0) is 12.8 Å². The Bertz CT molecular complexity index is 1190. The number of benzene rings is 3. The highest BCUT2D eigenvalue weighted by molar-refractivity contribution is 6.31. The lowest BCUT2D eigenvalue weighted by Gasteiger charge is -2.19. The summed E-state index contributed by atoms with van der Waals surface area (Å²) in [5, 5.41) is 12.0. The van der Waals surface area contributed by atoms with Crippen LogP contribution in [0.5, 0.6) is 5.75 Å². The number of amidine groups is 1. The van der Waals surface area contributed by atoms with Gasteiger partial charge in [0.25, 0.3) is 0 Å². The summed E-state index contributed by atoms with van der Waals surface area (Å²) < 4.78 is 6.20. The molecule has 0 bridgehead atoms. The number of nitrogens with two attached hydrogens (primary N) is 1. The monoisotopic (exact) mass is 489 g/mol. The molecule has 0 saturated heterocycles. The predicted molar refractivity (Wildman–Crippen MR) is 149 cm³/mol. The number of ether oxygens (including phenoxy) is 1. The fourth-order valence-electron chi connectivity index (χ4n) is 4.21. The van der Waals surface area contributed by atoms with Gasteiger partial charge in [0.05, 0.1) is 0 Å². The van der Waals surface area contributed by atoms with Crippen LogP contribution < -0.4 is 15.8 Å². The van der Waals surface area contributed by atoms with E-state index in [1.807, 2.05) is 37.3 Å². The van der Waals surface area contributed by atoms with Gasteiger partial charge in [0.1, 0.15) is 18.2 Å². The summed E-state index contributed by atoms with van der Waals surface area (Å²) in [6, 6.07) is 20.2. The molecule has 184 valence electrons. The lowest BCUT2D eigenvalue weighted by molar-refractivity contribution is 0.349. The van der Waals surface area contributed by atoms with Crippen LogP contribution in [-0.4, -0.2) is 12.4 Å². The number of nitrogen functional groups attached to an aromatic ring is 1. The maximum Gasteiger partial charge on any atom is 0.127 e. The van der Waals surface area contributed by atoms with Gasteiger partial charge in [-0.1, -0.05) is 80.9 Å². The van der Waals surface area contributed by atoms with Crippen LogP contribution in [0.25, 0.3) is 0 Å². The van der Waals surface area contributed by atoms with Crippen molar-refractivity contribution in [1.82, 2.24) is 0 Å². The number of rotatable bonds is 12. The molecule has 1 unspecified atom stereocenters. The average Bonchev–Trinajstić information content (AvgIpc) is 2.83. The summed E-state index contributed by atoms with van der Waals surface area (Å²) in [5.74, 6) is 1.18. The number of halogens is 1. The van der Waals surface area contributed by atoms with Gasteiger partial charge in [0.15, 0.2) is 0 Å². The third kappa shape index (κ3) is 7.37. The van der Waals surface area contributed by atoms with Crippen molar-refractivity contribution in [2.75, 3.05) is 11.9 Å². The zero-order chi connectivity index (χ0) is 25.4. The molecular weight excluding hydrogens is 454 g/mol. The Hall–Kier alpha value is -3.24. The molecule has 0 aliphatic carbocycles. The maximum atomic E-state index is 7.83. The predicted octanol–water partition coefficient (Wildman–Crippen LogP) is 7.63. The van der Waals surface area contributed by atoms with Crippen LogP contribution in [0.1, 0.15) is 60.4 Å². The lowest BCUT2D eigenvalue weighted by Crippen LogP contribution is -2.14. The van der Waals surface area contributed by atoms with E-state index in [9.17, 15) is 0 Å². The molecule has 0 aliphatic rings. The number of aryl methyl sites for hydroxylation is 3. The normalized spacial score (nSPS) is 11.7. The summed E-state index contributed by atoms with van der Waals surface area (Å²) in [4.78, 5) is 0. The minimum atomic E-state index is 0.0127. The topological polar surface area (TPSA) is 71.1 Å². The summed E-state index contributed by atoms with van der Waals surface area (Å²) in [7, 11) is 0. The van der Waals surface area contributed by atoms with Gasteiger partial charge >= 0.3 is 0 Å². The Morgan fingerprint density at radius 3 is 2.51 bits per heavy atom. The standard InChI is InChI=1S/C30H36ClN3O/c1-5-8-21(3)26-9-6-7-10-28(26)34-22(4)19-35-29-18-25(30(32)33)16-15-24(29)14-13-23-12-11-20(2)17-27(23)31/h6-7,9-12,15-18,21,34H,4-5,8,13-14,19H2,1-3H3,(H3,32,33). The Morgan fingerprint density at radius 1 is 1.09 bits per heavy atom. The van der Waals surface area contributed by atoms with Crippen molar-refractivity contribution in [2.45, 2.75) is 52.4 Å². The average molecular weight is 490 g/mol. The van der Waals surface area contributed by atoms with Crippen molar-refractivity contribution >= 4 is 23.1 Å². The van der Waals surface area contributed by atoms with Gasteiger partial charge < -0.3 is 15.8 Å². The first-order valence-corrected chi connectivity index (χ1v) is 12.5. The number of para-hydroxylation sites is 1. The summed E-state index contributed by atoms with van der Waals surface area (Å²) in [6.45, 7) is 11.0. The third-order valence-corrected chi connectivity index (χ3v) is 6.53. The van der Waals surface area contributed by atoms with Crippen LogP contribution in [0.3, 0.4) is 0 Å². The molecule has 0 radical (unpaired) electrons. The van der Waals surface area contributed by atoms with Gasteiger partial charge in [-0.15, -0.1) is 0 Å². The van der Waals surface area contributed by atoms with Crippen molar-refractivity contribution in [3.8, 4) is 5.75 Å². The third-order valence-electron chi connectivity index (χ3n) is 6.18. The van der Waals surface area contributed by atoms with Gasteiger partial charge in [0.2, 0.25) is 0 Å². The first-order chi connectivity index (χ1) is 16.8. The second-order valence-corrected chi connectivity index (χ2v) is 9.53. The van der Waals surface area contributed by atoms with E-state index in [0.29, 0.717) is 23.8 Å². The fourth-order valence-corrected chi connectivity index (χ4v) is 4.54. The van der Waals surface area contributed by atoms with Gasteiger partial charge in [-0.05, 0) is 72.6 Å². The zero-order valence-corrected chi connectivity index (χ0v) is 21.7. The highest BCUT2D eigenvalue weighted by Gasteiger charge is 2.12. The second-order valence-electron chi connectivity index (χ2n) is 9.13. The van der Waals surface area contributed by atoms with Gasteiger partial charge in [-0.3, -0.25) is 5.41 Å². The first-order valence-electron chi connectivity index (χ1n) is 12.2. The summed E-state index contributed by atoms with van der Waals surface area (Å²) in [6.07, 6.45) is 3.82. The van der Waals surface area contributed by atoms with Gasteiger partial charge in [0, 0.05) is 22.0 Å². The minimum absolute atomic E-state index is 0.0127. The van der Waals surface area contributed by atoms with E-state index in [1.165, 1.54) is 5.56 Å².